The van der Waals surface area contributed by atoms with E-state index in [0.717, 1.165) is 0 Å². The molecule has 7 heavy (non-hydrogen) atoms. The van der Waals surface area contributed by atoms with Crippen molar-refractivity contribution in [2.75, 3.05) is 0 Å². The van der Waals surface area contributed by atoms with Crippen molar-refractivity contribution in [2.24, 2.45) is 0 Å². The lowest BCUT2D eigenvalue weighted by atomic mass is 11.2. The Morgan fingerprint density at radius 1 is 1.43 bits per heavy atom. The molecule has 0 rings (SSSR count). The van der Waals surface area contributed by atoms with Crippen LogP contribution in [-0.2, 0) is 10.2 Å². The molecule has 0 saturated carbocycles. The SMILES string of the molecule is O=S(=O)(F)/C=C/F. The third kappa shape index (κ3) is 5.55. The Labute approximate surface area is 39.7 Å². The number of hydrogen-bond donors (Lipinski definition) is 0. The van der Waals surface area contributed by atoms with Gasteiger partial charge >= 0.3 is 10.2 Å². The van der Waals surface area contributed by atoms with Gasteiger partial charge in [0.05, 0.1) is 5.41 Å². The molecular formula is C2H2F2O2S. The highest BCUT2D eigenvalue weighted by molar-refractivity contribution is 7.89. The normalized spacial score (nSPS) is 12.9. The molecule has 0 saturated heterocycles. The molecule has 0 aliphatic rings. The molecule has 0 aliphatic carbocycles. The van der Waals surface area contributed by atoms with Gasteiger partial charge in [-0.1, -0.05) is 0 Å². The van der Waals surface area contributed by atoms with E-state index in [4.69, 9.17) is 0 Å². The van der Waals surface area contributed by atoms with E-state index in [1.165, 1.54) is 0 Å². The Morgan fingerprint density at radius 2 is 1.86 bits per heavy atom. The van der Waals surface area contributed by atoms with Crippen LogP contribution in [0.3, 0.4) is 0 Å². The van der Waals surface area contributed by atoms with Crippen LogP contribution in [-0.4, -0.2) is 8.42 Å². The molecule has 0 bridgehead atoms. The van der Waals surface area contributed by atoms with Crippen LogP contribution >= 0.6 is 0 Å². The Balaban J connectivity index is 4.13. The van der Waals surface area contributed by atoms with Crippen LogP contribution in [0.4, 0.5) is 8.28 Å². The van der Waals surface area contributed by atoms with Crippen LogP contribution in [0.2, 0.25) is 0 Å². The van der Waals surface area contributed by atoms with Gasteiger partial charge in [-0.15, -0.1) is 3.89 Å². The van der Waals surface area contributed by atoms with E-state index in [0.29, 0.717) is 0 Å². The summed E-state index contributed by atoms with van der Waals surface area (Å²) in [7, 11) is -4.73. The Bertz CT molecular complexity index is 157. The molecule has 0 aromatic carbocycles. The van der Waals surface area contributed by atoms with E-state index in [2.05, 4.69) is 0 Å². The highest BCUT2D eigenvalue weighted by atomic mass is 32.3. The van der Waals surface area contributed by atoms with Crippen molar-refractivity contribution < 1.29 is 16.7 Å². The summed E-state index contributed by atoms with van der Waals surface area (Å²) in [5.74, 6) is 0. The van der Waals surface area contributed by atoms with Crippen LogP contribution in [0.25, 0.3) is 0 Å². The fourth-order valence-corrected chi connectivity index (χ4v) is 0.184. The maximum atomic E-state index is 11.0. The molecule has 0 spiro atoms. The lowest BCUT2D eigenvalue weighted by Crippen LogP contribution is -1.78. The molecule has 0 radical (unpaired) electrons. The van der Waals surface area contributed by atoms with Crippen LogP contribution in [0.5, 0.6) is 0 Å². The molecule has 5 heteroatoms. The molecule has 0 heterocycles. The second kappa shape index (κ2) is 2.02. The molecule has 0 N–H and O–H groups in total. The molecule has 0 aliphatic heterocycles. The first kappa shape index (κ1) is 6.55. The van der Waals surface area contributed by atoms with Crippen molar-refractivity contribution in [1.82, 2.24) is 0 Å². The van der Waals surface area contributed by atoms with Crippen molar-refractivity contribution in [3.63, 3.8) is 0 Å². The van der Waals surface area contributed by atoms with Gasteiger partial charge in [-0.2, -0.15) is 8.42 Å². The van der Waals surface area contributed by atoms with Gasteiger partial charge in [0, 0.05) is 0 Å². The molecule has 42 valence electrons. The summed E-state index contributed by atoms with van der Waals surface area (Å²) in [6.45, 7) is 0. The van der Waals surface area contributed by atoms with E-state index < -0.39 is 10.2 Å². The van der Waals surface area contributed by atoms with Crippen molar-refractivity contribution >= 4 is 10.2 Å². The predicted octanol–water partition coefficient (Wildman–Crippen LogP) is 0.726. The number of hydrogen-bond acceptors (Lipinski definition) is 2. The highest BCUT2D eigenvalue weighted by Crippen LogP contribution is 1.90. The van der Waals surface area contributed by atoms with Gasteiger partial charge in [0.2, 0.25) is 0 Å². The van der Waals surface area contributed by atoms with Crippen molar-refractivity contribution in [1.29, 1.82) is 0 Å². The maximum absolute atomic E-state index is 11.0. The lowest BCUT2D eigenvalue weighted by Gasteiger charge is -1.70. The summed E-state index contributed by atoms with van der Waals surface area (Å²) in [6, 6.07) is 0. The van der Waals surface area contributed by atoms with Crippen LogP contribution in [0.15, 0.2) is 11.7 Å². The minimum Gasteiger partial charge on any atom is -0.215 e. The maximum Gasteiger partial charge on any atom is 0.327 e. The van der Waals surface area contributed by atoms with Crippen LogP contribution < -0.4 is 0 Å². The number of halogens is 2. The Kier molecular flexibility index (Phi) is 1.89. The lowest BCUT2D eigenvalue weighted by molar-refractivity contribution is 0.561. The first-order chi connectivity index (χ1) is 3.06. The summed E-state index contributed by atoms with van der Waals surface area (Å²) in [5.41, 5.74) is 0. The Morgan fingerprint density at radius 3 is 1.86 bits per heavy atom. The molecule has 2 nitrogen and oxygen atoms in total. The summed E-state index contributed by atoms with van der Waals surface area (Å²) in [4.78, 5) is 0. The zero-order chi connectivity index (χ0) is 5.91. The fraction of sp³-hybridized carbons (Fsp3) is 0. The summed E-state index contributed by atoms with van der Waals surface area (Å²) >= 11 is 0. The summed E-state index contributed by atoms with van der Waals surface area (Å²) < 4.78 is 40.2. The van der Waals surface area contributed by atoms with Crippen molar-refractivity contribution in [2.45, 2.75) is 0 Å². The monoisotopic (exact) mass is 128 g/mol. The van der Waals surface area contributed by atoms with E-state index in [-0.39, 0.29) is 11.7 Å². The zero-order valence-electron chi connectivity index (χ0n) is 3.14. The third-order valence-corrected chi connectivity index (χ3v) is 0.642. The standard InChI is InChI=1S/C2H2F2O2S/c3-1-2-7(4,5)6/h1-2H/b2-1+. The van der Waals surface area contributed by atoms with Gasteiger partial charge in [0.1, 0.15) is 6.33 Å². The minimum atomic E-state index is -4.73. The average molecular weight is 128 g/mol. The van der Waals surface area contributed by atoms with E-state index >= 15 is 0 Å². The summed E-state index contributed by atoms with van der Waals surface area (Å²) in [6.07, 6.45) is -0.380. The van der Waals surface area contributed by atoms with Gasteiger partial charge in [-0.3, -0.25) is 0 Å². The first-order valence-corrected chi connectivity index (χ1v) is 2.72. The van der Waals surface area contributed by atoms with E-state index in [9.17, 15) is 16.7 Å². The second-order valence-corrected chi connectivity index (χ2v) is 1.96. The van der Waals surface area contributed by atoms with Crippen LogP contribution in [0, 0.1) is 0 Å². The van der Waals surface area contributed by atoms with Gasteiger partial charge in [-0.05, 0) is 0 Å². The van der Waals surface area contributed by atoms with Gasteiger partial charge in [0.15, 0.2) is 0 Å². The smallest absolute Gasteiger partial charge is 0.215 e. The third-order valence-electron chi connectivity index (χ3n) is 0.214. The van der Waals surface area contributed by atoms with Gasteiger partial charge in [-0.25, -0.2) is 4.39 Å². The van der Waals surface area contributed by atoms with E-state index in [1.807, 2.05) is 0 Å². The molecule has 0 amide bonds. The van der Waals surface area contributed by atoms with Gasteiger partial charge < -0.3 is 0 Å². The largest absolute Gasteiger partial charge is 0.327 e. The average Bonchev–Trinajstić information content (AvgIpc) is 1.30. The second-order valence-electron chi connectivity index (χ2n) is 0.738. The van der Waals surface area contributed by atoms with Gasteiger partial charge in [0.25, 0.3) is 0 Å². The zero-order valence-corrected chi connectivity index (χ0v) is 3.95. The van der Waals surface area contributed by atoms with E-state index in [1.54, 1.807) is 0 Å². The first-order valence-electron chi connectivity index (χ1n) is 1.27. The predicted molar refractivity (Wildman–Crippen MR) is 20.3 cm³/mol. The quantitative estimate of drug-likeness (QED) is 0.488. The molecule has 0 atom stereocenters. The van der Waals surface area contributed by atoms with Crippen LogP contribution in [0.1, 0.15) is 0 Å². The molecular weight excluding hydrogens is 126 g/mol. The number of rotatable bonds is 1. The molecule has 0 aromatic rings. The Hall–Kier alpha value is -0.450. The fourth-order valence-electron chi connectivity index (χ4n) is 0.0614. The molecule has 0 fully saturated rings. The van der Waals surface area contributed by atoms with Crippen molar-refractivity contribution in [3.8, 4) is 0 Å². The van der Waals surface area contributed by atoms with Crippen molar-refractivity contribution in [3.05, 3.63) is 11.7 Å². The minimum absolute atomic E-state index is 0.174. The highest BCUT2D eigenvalue weighted by Gasteiger charge is 1.95. The summed E-state index contributed by atoms with van der Waals surface area (Å²) in [5, 5.41) is -0.174. The topological polar surface area (TPSA) is 34.1 Å². The molecule has 0 aromatic heterocycles. The molecule has 0 unspecified atom stereocenters.